The van der Waals surface area contributed by atoms with Crippen LogP contribution in [-0.4, -0.2) is 19.1 Å². The van der Waals surface area contributed by atoms with Gasteiger partial charge in [-0.2, -0.15) is 4.98 Å². The summed E-state index contributed by atoms with van der Waals surface area (Å²) in [6, 6.07) is 7.28. The molecule has 2 heterocycles. The van der Waals surface area contributed by atoms with E-state index in [1.54, 1.807) is 25.5 Å². The Hall–Kier alpha value is -2.17. The van der Waals surface area contributed by atoms with Crippen molar-refractivity contribution in [2.24, 2.45) is 0 Å². The maximum absolute atomic E-state index is 5.88. The van der Waals surface area contributed by atoms with Crippen LogP contribution in [0.1, 0.15) is 5.76 Å². The summed E-state index contributed by atoms with van der Waals surface area (Å²) in [5, 5.41) is 0. The maximum atomic E-state index is 5.88. The fraction of sp³-hybridized carbons (Fsp3) is 0.250. The molecule has 0 radical (unpaired) electrons. The first-order valence-electron chi connectivity index (χ1n) is 5.24. The van der Waals surface area contributed by atoms with Crippen LogP contribution in [0.3, 0.4) is 0 Å². The highest BCUT2D eigenvalue weighted by molar-refractivity contribution is 5.63. The third kappa shape index (κ3) is 2.50. The average molecular weight is 233 g/mol. The lowest BCUT2D eigenvalue weighted by molar-refractivity contribution is 0.398. The molecule has 0 aliphatic heterocycles. The van der Waals surface area contributed by atoms with E-state index in [2.05, 4.69) is 4.98 Å². The van der Waals surface area contributed by atoms with Crippen LogP contribution in [-0.2, 0) is 6.54 Å². The third-order valence-electron chi connectivity index (χ3n) is 2.42. The van der Waals surface area contributed by atoms with Crippen molar-refractivity contribution in [3.63, 3.8) is 0 Å². The number of rotatable bonds is 4. The van der Waals surface area contributed by atoms with Crippen LogP contribution >= 0.6 is 0 Å². The van der Waals surface area contributed by atoms with Crippen LogP contribution in [0.4, 0.5) is 11.5 Å². The van der Waals surface area contributed by atoms with Gasteiger partial charge in [-0.25, -0.2) is 0 Å². The van der Waals surface area contributed by atoms with Gasteiger partial charge in [0.25, 0.3) is 0 Å². The molecule has 0 fully saturated rings. The first-order valence-corrected chi connectivity index (χ1v) is 5.24. The van der Waals surface area contributed by atoms with Gasteiger partial charge in [0.2, 0.25) is 5.88 Å². The van der Waals surface area contributed by atoms with Crippen molar-refractivity contribution in [3.8, 4) is 5.88 Å². The number of methoxy groups -OCH3 is 1. The third-order valence-corrected chi connectivity index (χ3v) is 2.42. The molecule has 0 amide bonds. The molecule has 0 atom stereocenters. The average Bonchev–Trinajstić information content (AvgIpc) is 2.82. The Balaban J connectivity index is 2.20. The lowest BCUT2D eigenvalue weighted by atomic mass is 10.3. The van der Waals surface area contributed by atoms with E-state index in [0.717, 1.165) is 5.76 Å². The highest BCUT2D eigenvalue weighted by Gasteiger charge is 2.10. The van der Waals surface area contributed by atoms with Crippen molar-refractivity contribution in [2.45, 2.75) is 6.54 Å². The molecule has 0 saturated heterocycles. The molecule has 0 bridgehead atoms. The predicted octanol–water partition coefficient (Wildman–Crippen LogP) is 1.90. The Bertz CT molecular complexity index is 483. The predicted molar refractivity (Wildman–Crippen MR) is 66.0 cm³/mol. The number of anilines is 2. The molecule has 2 rings (SSSR count). The van der Waals surface area contributed by atoms with Crippen molar-refractivity contribution < 1.29 is 9.15 Å². The number of aromatic nitrogens is 1. The van der Waals surface area contributed by atoms with Crippen LogP contribution in [0.15, 0.2) is 34.9 Å². The summed E-state index contributed by atoms with van der Waals surface area (Å²) in [7, 11) is 3.48. The van der Waals surface area contributed by atoms with E-state index in [1.807, 2.05) is 24.1 Å². The fourth-order valence-electron chi connectivity index (χ4n) is 1.57. The number of hydrogen-bond acceptors (Lipinski definition) is 5. The molecule has 5 heteroatoms. The van der Waals surface area contributed by atoms with E-state index in [-0.39, 0.29) is 0 Å². The van der Waals surface area contributed by atoms with Gasteiger partial charge >= 0.3 is 0 Å². The minimum atomic E-state index is 0.542. The normalized spacial score (nSPS) is 10.2. The molecule has 2 aromatic heterocycles. The first-order chi connectivity index (χ1) is 8.20. The summed E-state index contributed by atoms with van der Waals surface area (Å²) in [4.78, 5) is 6.22. The first kappa shape index (κ1) is 11.3. The standard InChI is InChI=1S/C12H15N3O2/c1-15(8-9-4-3-7-17-9)12-10(13)5-6-11(14-12)16-2/h3-7H,8,13H2,1-2H3. The molecule has 5 nitrogen and oxygen atoms in total. The second-order valence-corrected chi connectivity index (χ2v) is 3.70. The van der Waals surface area contributed by atoms with Crippen molar-refractivity contribution in [2.75, 3.05) is 24.8 Å². The summed E-state index contributed by atoms with van der Waals surface area (Å²) in [6.45, 7) is 0.608. The highest BCUT2D eigenvalue weighted by atomic mass is 16.5. The molecule has 0 spiro atoms. The smallest absolute Gasteiger partial charge is 0.215 e. The quantitative estimate of drug-likeness (QED) is 0.873. The second kappa shape index (κ2) is 4.78. The number of pyridine rings is 1. The van der Waals surface area contributed by atoms with Crippen molar-refractivity contribution in [3.05, 3.63) is 36.3 Å². The molecule has 0 unspecified atom stereocenters. The molecule has 17 heavy (non-hydrogen) atoms. The van der Waals surface area contributed by atoms with E-state index >= 15 is 0 Å². The fourth-order valence-corrected chi connectivity index (χ4v) is 1.57. The number of nitrogens with zero attached hydrogens (tertiary/aromatic N) is 2. The van der Waals surface area contributed by atoms with Gasteiger partial charge in [0.1, 0.15) is 5.76 Å². The van der Waals surface area contributed by atoms with E-state index in [4.69, 9.17) is 14.9 Å². The Morgan fingerprint density at radius 2 is 2.24 bits per heavy atom. The van der Waals surface area contributed by atoms with Gasteiger partial charge in [0.15, 0.2) is 5.82 Å². The minimum Gasteiger partial charge on any atom is -0.481 e. The number of hydrogen-bond donors (Lipinski definition) is 1. The van der Waals surface area contributed by atoms with E-state index in [0.29, 0.717) is 23.9 Å². The molecule has 0 aliphatic rings. The largest absolute Gasteiger partial charge is 0.481 e. The SMILES string of the molecule is COc1ccc(N)c(N(C)Cc2ccco2)n1. The Morgan fingerprint density at radius 1 is 1.41 bits per heavy atom. The van der Waals surface area contributed by atoms with Gasteiger partial charge in [0.05, 0.1) is 25.6 Å². The van der Waals surface area contributed by atoms with Gasteiger partial charge in [-0.05, 0) is 18.2 Å². The summed E-state index contributed by atoms with van der Waals surface area (Å²) >= 11 is 0. The van der Waals surface area contributed by atoms with Crippen molar-refractivity contribution in [1.82, 2.24) is 4.98 Å². The maximum Gasteiger partial charge on any atom is 0.215 e. The lowest BCUT2D eigenvalue weighted by Crippen LogP contribution is -2.19. The Kier molecular flexibility index (Phi) is 3.18. The molecule has 90 valence electrons. The van der Waals surface area contributed by atoms with Crippen LogP contribution in [0, 0.1) is 0 Å². The van der Waals surface area contributed by atoms with Crippen LogP contribution in [0.5, 0.6) is 5.88 Å². The highest BCUT2D eigenvalue weighted by Crippen LogP contribution is 2.24. The van der Waals surface area contributed by atoms with E-state index in [9.17, 15) is 0 Å². The molecular weight excluding hydrogens is 218 g/mol. The zero-order chi connectivity index (χ0) is 12.3. The lowest BCUT2D eigenvalue weighted by Gasteiger charge is -2.19. The molecule has 0 aromatic carbocycles. The minimum absolute atomic E-state index is 0.542. The number of nitrogen functional groups attached to an aromatic ring is 1. The van der Waals surface area contributed by atoms with E-state index in [1.165, 1.54) is 0 Å². The topological polar surface area (TPSA) is 64.5 Å². The zero-order valence-electron chi connectivity index (χ0n) is 9.88. The molecular formula is C12H15N3O2. The summed E-state index contributed by atoms with van der Waals surface area (Å²) < 4.78 is 10.4. The Labute approximate surface area is 99.8 Å². The van der Waals surface area contributed by atoms with Crippen molar-refractivity contribution in [1.29, 1.82) is 0 Å². The number of ether oxygens (including phenoxy) is 1. The summed E-state index contributed by atoms with van der Waals surface area (Å²) in [5.74, 6) is 2.08. The monoisotopic (exact) mass is 233 g/mol. The van der Waals surface area contributed by atoms with Crippen LogP contribution < -0.4 is 15.4 Å². The van der Waals surface area contributed by atoms with Crippen molar-refractivity contribution >= 4 is 11.5 Å². The van der Waals surface area contributed by atoms with E-state index < -0.39 is 0 Å². The number of nitrogens with two attached hydrogens (primary N) is 1. The Morgan fingerprint density at radius 3 is 2.88 bits per heavy atom. The van der Waals surface area contributed by atoms with Gasteiger partial charge in [0, 0.05) is 13.1 Å². The molecule has 0 aliphatic carbocycles. The second-order valence-electron chi connectivity index (χ2n) is 3.70. The van der Waals surface area contributed by atoms with Crippen LogP contribution in [0.25, 0.3) is 0 Å². The molecule has 0 saturated carbocycles. The van der Waals surface area contributed by atoms with Gasteiger partial charge < -0.3 is 19.8 Å². The summed E-state index contributed by atoms with van der Waals surface area (Å²) in [5.41, 5.74) is 6.49. The summed E-state index contributed by atoms with van der Waals surface area (Å²) in [6.07, 6.45) is 1.64. The molecule has 2 N–H and O–H groups in total. The van der Waals surface area contributed by atoms with Gasteiger partial charge in [-0.3, -0.25) is 0 Å². The zero-order valence-corrected chi connectivity index (χ0v) is 9.88. The van der Waals surface area contributed by atoms with Crippen LogP contribution in [0.2, 0.25) is 0 Å². The number of furan rings is 1. The van der Waals surface area contributed by atoms with Gasteiger partial charge in [-0.15, -0.1) is 0 Å². The van der Waals surface area contributed by atoms with Gasteiger partial charge in [-0.1, -0.05) is 0 Å². The molecule has 2 aromatic rings.